The molecule has 0 unspecified atom stereocenters. The maximum absolute atomic E-state index is 12.4. The van der Waals surface area contributed by atoms with Crippen LogP contribution in [-0.4, -0.2) is 53.7 Å². The van der Waals surface area contributed by atoms with Crippen molar-refractivity contribution < 1.29 is 18.8 Å². The van der Waals surface area contributed by atoms with Crippen molar-refractivity contribution in [3.05, 3.63) is 53.5 Å². The van der Waals surface area contributed by atoms with E-state index in [9.17, 15) is 14.4 Å². The van der Waals surface area contributed by atoms with Gasteiger partial charge in [0.15, 0.2) is 5.76 Å². The molecule has 1 saturated heterocycles. The number of carbonyl (C=O) groups is 3. The predicted molar refractivity (Wildman–Crippen MR) is 95.7 cm³/mol. The van der Waals surface area contributed by atoms with Gasteiger partial charge in [0.05, 0.1) is 6.26 Å². The molecular weight excluding hydrogens is 334 g/mol. The summed E-state index contributed by atoms with van der Waals surface area (Å²) in [6, 6.07) is 8.88. The molecule has 0 atom stereocenters. The Hall–Kier alpha value is -3.09. The smallest absolute Gasteiger partial charge is 0.313 e. The van der Waals surface area contributed by atoms with E-state index in [1.54, 1.807) is 23.1 Å². The van der Waals surface area contributed by atoms with Crippen LogP contribution >= 0.6 is 0 Å². The van der Waals surface area contributed by atoms with Crippen LogP contribution in [0.2, 0.25) is 0 Å². The van der Waals surface area contributed by atoms with Crippen LogP contribution in [0, 0.1) is 13.8 Å². The summed E-state index contributed by atoms with van der Waals surface area (Å²) in [6.07, 6.45) is 1.45. The number of hydrogen-bond acceptors (Lipinski definition) is 4. The molecule has 0 saturated carbocycles. The van der Waals surface area contributed by atoms with Gasteiger partial charge in [-0.25, -0.2) is 0 Å². The Morgan fingerprint density at radius 2 is 1.69 bits per heavy atom. The van der Waals surface area contributed by atoms with Gasteiger partial charge in [0.2, 0.25) is 0 Å². The normalized spacial score (nSPS) is 14.2. The molecule has 1 N–H and O–H groups in total. The number of piperazine rings is 1. The van der Waals surface area contributed by atoms with Gasteiger partial charge in [-0.3, -0.25) is 14.4 Å². The number of nitrogens with zero attached hydrogens (tertiary/aromatic N) is 2. The summed E-state index contributed by atoms with van der Waals surface area (Å²) in [5, 5.41) is 2.67. The number of aryl methyl sites for hydroxylation is 2. The minimum atomic E-state index is -0.664. The number of furan rings is 1. The standard InChI is InChI=1S/C19H21N3O4/c1-13-5-6-15(14(2)12-13)20-17(23)19(25)22-9-7-21(8-10-22)18(24)16-4-3-11-26-16/h3-6,11-12H,7-10H2,1-2H3,(H,20,23). The zero-order chi connectivity index (χ0) is 18.7. The van der Waals surface area contributed by atoms with Gasteiger partial charge in [-0.2, -0.15) is 0 Å². The number of benzene rings is 1. The van der Waals surface area contributed by atoms with Crippen LogP contribution in [0.5, 0.6) is 0 Å². The third-order valence-corrected chi connectivity index (χ3v) is 4.41. The van der Waals surface area contributed by atoms with Gasteiger partial charge in [-0.15, -0.1) is 0 Å². The minimum Gasteiger partial charge on any atom is -0.459 e. The largest absolute Gasteiger partial charge is 0.459 e. The van der Waals surface area contributed by atoms with Crippen LogP contribution < -0.4 is 5.32 Å². The number of anilines is 1. The van der Waals surface area contributed by atoms with Crippen molar-refractivity contribution in [2.45, 2.75) is 13.8 Å². The maximum Gasteiger partial charge on any atom is 0.313 e. The van der Waals surface area contributed by atoms with E-state index < -0.39 is 11.8 Å². The lowest BCUT2D eigenvalue weighted by Crippen LogP contribution is -2.53. The van der Waals surface area contributed by atoms with E-state index in [1.165, 1.54) is 11.2 Å². The fourth-order valence-corrected chi connectivity index (χ4v) is 2.94. The van der Waals surface area contributed by atoms with E-state index in [2.05, 4.69) is 5.32 Å². The second-order valence-corrected chi connectivity index (χ2v) is 6.33. The second kappa shape index (κ2) is 7.43. The molecule has 2 heterocycles. The Morgan fingerprint density at radius 3 is 2.31 bits per heavy atom. The number of nitrogens with one attached hydrogen (secondary N) is 1. The quantitative estimate of drug-likeness (QED) is 0.833. The molecule has 7 heteroatoms. The minimum absolute atomic E-state index is 0.207. The maximum atomic E-state index is 12.4. The summed E-state index contributed by atoms with van der Waals surface area (Å²) in [5.41, 5.74) is 2.62. The van der Waals surface area contributed by atoms with Crippen molar-refractivity contribution in [1.82, 2.24) is 9.80 Å². The van der Waals surface area contributed by atoms with Crippen LogP contribution in [0.1, 0.15) is 21.7 Å². The molecule has 0 spiro atoms. The lowest BCUT2D eigenvalue weighted by molar-refractivity contribution is -0.144. The summed E-state index contributed by atoms with van der Waals surface area (Å²) in [5.74, 6) is -1.18. The SMILES string of the molecule is Cc1ccc(NC(=O)C(=O)N2CCN(C(=O)c3ccco3)CC2)c(C)c1. The summed E-state index contributed by atoms with van der Waals surface area (Å²) in [7, 11) is 0. The summed E-state index contributed by atoms with van der Waals surface area (Å²) in [4.78, 5) is 39.9. The molecule has 2 aromatic rings. The van der Waals surface area contributed by atoms with E-state index in [0.717, 1.165) is 11.1 Å². The van der Waals surface area contributed by atoms with E-state index in [4.69, 9.17) is 4.42 Å². The van der Waals surface area contributed by atoms with Crippen LogP contribution in [0.25, 0.3) is 0 Å². The van der Waals surface area contributed by atoms with Gasteiger partial charge < -0.3 is 19.5 Å². The van der Waals surface area contributed by atoms with Crippen LogP contribution in [0.3, 0.4) is 0 Å². The summed E-state index contributed by atoms with van der Waals surface area (Å²) in [6.45, 7) is 5.20. The van der Waals surface area contributed by atoms with Crippen LogP contribution in [0.15, 0.2) is 41.0 Å². The number of amides is 3. The van der Waals surface area contributed by atoms with Gasteiger partial charge in [0.25, 0.3) is 5.91 Å². The molecule has 3 amide bonds. The molecule has 1 aromatic heterocycles. The first-order valence-electron chi connectivity index (χ1n) is 8.46. The van der Waals surface area contributed by atoms with E-state index >= 15 is 0 Å². The molecule has 1 aliphatic rings. The topological polar surface area (TPSA) is 82.9 Å². The first-order valence-corrected chi connectivity index (χ1v) is 8.46. The molecule has 1 aromatic carbocycles. The molecule has 0 bridgehead atoms. The molecule has 1 fully saturated rings. The fourth-order valence-electron chi connectivity index (χ4n) is 2.94. The predicted octanol–water partition coefficient (Wildman–Crippen LogP) is 1.82. The van der Waals surface area contributed by atoms with Gasteiger partial charge in [-0.05, 0) is 37.6 Å². The lowest BCUT2D eigenvalue weighted by atomic mass is 10.1. The number of carbonyl (C=O) groups excluding carboxylic acids is 3. The molecule has 26 heavy (non-hydrogen) atoms. The van der Waals surface area contributed by atoms with Crippen molar-refractivity contribution in [1.29, 1.82) is 0 Å². The first kappa shape index (κ1) is 17.7. The van der Waals surface area contributed by atoms with Crippen molar-refractivity contribution in [2.24, 2.45) is 0 Å². The lowest BCUT2D eigenvalue weighted by Gasteiger charge is -2.33. The Morgan fingerprint density at radius 1 is 1.00 bits per heavy atom. The van der Waals surface area contributed by atoms with Gasteiger partial charge in [-0.1, -0.05) is 17.7 Å². The zero-order valence-corrected chi connectivity index (χ0v) is 14.8. The third kappa shape index (κ3) is 3.77. The van der Waals surface area contributed by atoms with Crippen molar-refractivity contribution in [2.75, 3.05) is 31.5 Å². The highest BCUT2D eigenvalue weighted by molar-refractivity contribution is 6.39. The molecule has 3 rings (SSSR count). The van der Waals surface area contributed by atoms with Crippen LogP contribution in [-0.2, 0) is 9.59 Å². The van der Waals surface area contributed by atoms with E-state index in [0.29, 0.717) is 31.9 Å². The monoisotopic (exact) mass is 355 g/mol. The van der Waals surface area contributed by atoms with E-state index in [1.807, 2.05) is 26.0 Å². The summed E-state index contributed by atoms with van der Waals surface area (Å²) >= 11 is 0. The average Bonchev–Trinajstić information content (AvgIpc) is 3.17. The highest BCUT2D eigenvalue weighted by atomic mass is 16.3. The number of rotatable bonds is 2. The second-order valence-electron chi connectivity index (χ2n) is 6.33. The molecule has 0 radical (unpaired) electrons. The first-order chi connectivity index (χ1) is 12.5. The Kier molecular flexibility index (Phi) is 5.06. The Balaban J connectivity index is 1.56. The molecule has 7 nitrogen and oxygen atoms in total. The Labute approximate surface area is 151 Å². The van der Waals surface area contributed by atoms with Gasteiger partial charge >= 0.3 is 11.8 Å². The third-order valence-electron chi connectivity index (χ3n) is 4.41. The van der Waals surface area contributed by atoms with E-state index in [-0.39, 0.29) is 11.7 Å². The molecular formula is C19H21N3O4. The number of hydrogen-bond donors (Lipinski definition) is 1. The zero-order valence-electron chi connectivity index (χ0n) is 14.8. The van der Waals surface area contributed by atoms with Crippen molar-refractivity contribution in [3.63, 3.8) is 0 Å². The fraction of sp³-hybridized carbons (Fsp3) is 0.316. The van der Waals surface area contributed by atoms with Crippen molar-refractivity contribution in [3.8, 4) is 0 Å². The van der Waals surface area contributed by atoms with Gasteiger partial charge in [0, 0.05) is 31.9 Å². The molecule has 136 valence electrons. The van der Waals surface area contributed by atoms with Gasteiger partial charge in [0.1, 0.15) is 0 Å². The molecule has 1 aliphatic heterocycles. The Bertz CT molecular complexity index is 821. The van der Waals surface area contributed by atoms with Crippen molar-refractivity contribution >= 4 is 23.4 Å². The molecule has 0 aliphatic carbocycles. The summed E-state index contributed by atoms with van der Waals surface area (Å²) < 4.78 is 5.11. The van der Waals surface area contributed by atoms with Crippen LogP contribution in [0.4, 0.5) is 5.69 Å². The average molecular weight is 355 g/mol. The highest BCUT2D eigenvalue weighted by Gasteiger charge is 2.29. The highest BCUT2D eigenvalue weighted by Crippen LogP contribution is 2.16.